The Kier molecular flexibility index (Phi) is 6.13. The number of hydrogen-bond donors (Lipinski definition) is 1. The highest BCUT2D eigenvalue weighted by Crippen LogP contribution is 2.36. The maximum absolute atomic E-state index is 11.7. The molecular weight excluding hydrogens is 396 g/mol. The molecule has 150 valence electrons. The van der Waals surface area contributed by atoms with Crippen molar-refractivity contribution in [2.24, 2.45) is 0 Å². The summed E-state index contributed by atoms with van der Waals surface area (Å²) in [5.41, 5.74) is 2.17. The second-order valence-electron chi connectivity index (χ2n) is 6.31. The van der Waals surface area contributed by atoms with E-state index in [9.17, 15) is 10.1 Å². The van der Waals surface area contributed by atoms with Gasteiger partial charge in [0.05, 0.1) is 12.0 Å². The van der Waals surface area contributed by atoms with Crippen LogP contribution < -0.4 is 14.8 Å². The number of aromatic nitrogens is 2. The third-order valence-corrected chi connectivity index (χ3v) is 4.81. The summed E-state index contributed by atoms with van der Waals surface area (Å²) in [6.07, 6.45) is 1.22. The summed E-state index contributed by atoms with van der Waals surface area (Å²) in [5, 5.41) is 15.3. The van der Waals surface area contributed by atoms with Crippen molar-refractivity contribution in [2.75, 3.05) is 12.4 Å². The quantitative estimate of drug-likeness (QED) is 0.425. The number of nitro groups is 1. The number of aryl methyl sites for hydroxylation is 2. The van der Waals surface area contributed by atoms with Gasteiger partial charge in [-0.25, -0.2) is 4.98 Å². The van der Waals surface area contributed by atoms with Crippen LogP contribution in [0.4, 0.5) is 11.5 Å². The first-order valence-electron chi connectivity index (χ1n) is 8.70. The smallest absolute Gasteiger partial charge is 0.373 e. The van der Waals surface area contributed by atoms with Crippen molar-refractivity contribution >= 4 is 23.1 Å². The second-order valence-corrected chi connectivity index (χ2v) is 6.69. The largest absolute Gasteiger partial charge is 0.497 e. The van der Waals surface area contributed by atoms with Gasteiger partial charge in [-0.05, 0) is 54.8 Å². The van der Waals surface area contributed by atoms with Gasteiger partial charge in [0.2, 0.25) is 5.82 Å². The van der Waals surface area contributed by atoms with Gasteiger partial charge >= 0.3 is 11.6 Å². The van der Waals surface area contributed by atoms with Gasteiger partial charge < -0.3 is 14.8 Å². The van der Waals surface area contributed by atoms with Gasteiger partial charge in [-0.2, -0.15) is 4.98 Å². The minimum Gasteiger partial charge on any atom is -0.497 e. The molecule has 2 aromatic carbocycles. The molecular formula is C20H19ClN4O4. The fraction of sp³-hybridized carbons (Fsp3) is 0.200. The van der Waals surface area contributed by atoms with E-state index in [1.807, 2.05) is 38.1 Å². The van der Waals surface area contributed by atoms with Crippen molar-refractivity contribution in [3.05, 3.63) is 74.6 Å². The van der Waals surface area contributed by atoms with Crippen molar-refractivity contribution in [2.45, 2.75) is 20.4 Å². The summed E-state index contributed by atoms with van der Waals surface area (Å²) < 4.78 is 10.8. The van der Waals surface area contributed by atoms with Crippen LogP contribution in [-0.2, 0) is 6.54 Å². The van der Waals surface area contributed by atoms with Gasteiger partial charge in [-0.3, -0.25) is 10.1 Å². The van der Waals surface area contributed by atoms with E-state index >= 15 is 0 Å². The van der Waals surface area contributed by atoms with Crippen LogP contribution in [0.2, 0.25) is 5.02 Å². The highest BCUT2D eigenvalue weighted by atomic mass is 35.5. The Bertz CT molecular complexity index is 1020. The molecule has 29 heavy (non-hydrogen) atoms. The van der Waals surface area contributed by atoms with Crippen LogP contribution in [0, 0.1) is 24.0 Å². The fourth-order valence-corrected chi connectivity index (χ4v) is 2.85. The lowest BCUT2D eigenvalue weighted by Crippen LogP contribution is -2.07. The zero-order valence-corrected chi connectivity index (χ0v) is 16.9. The molecule has 3 rings (SSSR count). The predicted octanol–water partition coefficient (Wildman–Crippen LogP) is 5.07. The molecule has 0 atom stereocenters. The standard InChI is InChI=1S/C20H19ClN4O4/c1-12-8-16(9-13(2)17(12)21)29-20-18(25(26)27)19(23-11-24-20)22-10-14-4-6-15(28-3)7-5-14/h4-9,11H,10H2,1-3H3,(H,22,23,24). The lowest BCUT2D eigenvalue weighted by molar-refractivity contribution is -0.385. The molecule has 1 heterocycles. The van der Waals surface area contributed by atoms with Crippen molar-refractivity contribution < 1.29 is 14.4 Å². The van der Waals surface area contributed by atoms with E-state index < -0.39 is 4.92 Å². The summed E-state index contributed by atoms with van der Waals surface area (Å²) in [7, 11) is 1.59. The number of methoxy groups -OCH3 is 1. The molecule has 1 aromatic heterocycles. The Balaban J connectivity index is 1.86. The maximum atomic E-state index is 11.7. The van der Waals surface area contributed by atoms with E-state index in [1.165, 1.54) is 6.33 Å². The molecule has 0 spiro atoms. The first-order valence-corrected chi connectivity index (χ1v) is 9.07. The van der Waals surface area contributed by atoms with Crippen LogP contribution in [0.5, 0.6) is 17.4 Å². The molecule has 0 saturated heterocycles. The molecule has 0 fully saturated rings. The molecule has 1 N–H and O–H groups in total. The Morgan fingerprint density at radius 1 is 1.10 bits per heavy atom. The fourth-order valence-electron chi connectivity index (χ4n) is 2.74. The van der Waals surface area contributed by atoms with Crippen LogP contribution in [0.3, 0.4) is 0 Å². The molecule has 0 unspecified atom stereocenters. The summed E-state index contributed by atoms with van der Waals surface area (Å²) in [4.78, 5) is 19.1. The van der Waals surface area contributed by atoms with Crippen molar-refractivity contribution in [1.82, 2.24) is 9.97 Å². The van der Waals surface area contributed by atoms with Crippen molar-refractivity contribution in [3.63, 3.8) is 0 Å². The molecule has 0 radical (unpaired) electrons. The molecule has 9 heteroatoms. The van der Waals surface area contributed by atoms with Gasteiger partial charge in [0, 0.05) is 11.6 Å². The third-order valence-electron chi connectivity index (χ3n) is 4.21. The minimum atomic E-state index is -0.568. The number of anilines is 1. The van der Waals surface area contributed by atoms with Crippen molar-refractivity contribution in [1.29, 1.82) is 0 Å². The molecule has 0 saturated carbocycles. The van der Waals surface area contributed by atoms with E-state index in [0.717, 1.165) is 22.4 Å². The van der Waals surface area contributed by atoms with Gasteiger partial charge in [0.1, 0.15) is 17.8 Å². The van der Waals surface area contributed by atoms with Crippen molar-refractivity contribution in [3.8, 4) is 17.4 Å². The predicted molar refractivity (Wildman–Crippen MR) is 110 cm³/mol. The molecule has 0 aliphatic carbocycles. The molecule has 8 nitrogen and oxygen atoms in total. The summed E-state index contributed by atoms with van der Waals surface area (Å²) in [6.45, 7) is 4.00. The lowest BCUT2D eigenvalue weighted by atomic mass is 10.1. The number of rotatable bonds is 7. The number of halogens is 1. The average Bonchev–Trinajstić information content (AvgIpc) is 2.70. The second kappa shape index (κ2) is 8.74. The molecule has 0 bridgehead atoms. The molecule has 0 aliphatic heterocycles. The number of benzene rings is 2. The highest BCUT2D eigenvalue weighted by molar-refractivity contribution is 6.32. The first kappa shape index (κ1) is 20.3. The first-order chi connectivity index (χ1) is 13.9. The Morgan fingerprint density at radius 3 is 2.34 bits per heavy atom. The van der Waals surface area contributed by atoms with Crippen LogP contribution in [0.15, 0.2) is 42.7 Å². The van der Waals surface area contributed by atoms with Gasteiger partial charge in [0.15, 0.2) is 0 Å². The van der Waals surface area contributed by atoms with E-state index in [1.54, 1.807) is 19.2 Å². The van der Waals surface area contributed by atoms with Crippen LogP contribution in [0.25, 0.3) is 0 Å². The molecule has 0 aliphatic rings. The monoisotopic (exact) mass is 414 g/mol. The number of nitrogens with zero attached hydrogens (tertiary/aromatic N) is 3. The Hall–Kier alpha value is -3.39. The van der Waals surface area contributed by atoms with Crippen LogP contribution >= 0.6 is 11.6 Å². The third kappa shape index (κ3) is 4.72. The summed E-state index contributed by atoms with van der Waals surface area (Å²) in [6, 6.07) is 10.7. The van der Waals surface area contributed by atoms with E-state index in [2.05, 4.69) is 15.3 Å². The van der Waals surface area contributed by atoms with Crippen LogP contribution in [0.1, 0.15) is 16.7 Å². The van der Waals surface area contributed by atoms with Gasteiger partial charge in [-0.1, -0.05) is 23.7 Å². The highest BCUT2D eigenvalue weighted by Gasteiger charge is 2.25. The maximum Gasteiger partial charge on any atom is 0.373 e. The number of ether oxygens (including phenoxy) is 2. The zero-order valence-electron chi connectivity index (χ0n) is 16.1. The molecule has 3 aromatic rings. The van der Waals surface area contributed by atoms with E-state index in [-0.39, 0.29) is 17.4 Å². The Morgan fingerprint density at radius 2 is 1.76 bits per heavy atom. The number of nitrogens with one attached hydrogen (secondary N) is 1. The van der Waals surface area contributed by atoms with Crippen LogP contribution in [-0.4, -0.2) is 22.0 Å². The average molecular weight is 415 g/mol. The minimum absolute atomic E-state index is 0.0678. The lowest BCUT2D eigenvalue weighted by Gasteiger charge is -2.11. The number of hydrogen-bond acceptors (Lipinski definition) is 7. The van der Waals surface area contributed by atoms with Gasteiger partial charge in [-0.15, -0.1) is 0 Å². The Labute approximate surface area is 172 Å². The van der Waals surface area contributed by atoms with Gasteiger partial charge in [0.25, 0.3) is 0 Å². The SMILES string of the molecule is COc1ccc(CNc2ncnc(Oc3cc(C)c(Cl)c(C)c3)c2[N+](=O)[O-])cc1. The normalized spacial score (nSPS) is 10.5. The molecule has 0 amide bonds. The van der Waals surface area contributed by atoms with E-state index in [4.69, 9.17) is 21.1 Å². The zero-order chi connectivity index (χ0) is 21.0. The summed E-state index contributed by atoms with van der Waals surface area (Å²) >= 11 is 6.17. The topological polar surface area (TPSA) is 99.4 Å². The summed E-state index contributed by atoms with van der Waals surface area (Å²) in [5.74, 6) is 1.06. The van der Waals surface area contributed by atoms with E-state index in [0.29, 0.717) is 17.3 Å².